The minimum Gasteiger partial charge on any atom is -0.388 e. The Morgan fingerprint density at radius 3 is 2.71 bits per heavy atom. The molecule has 0 aliphatic heterocycles. The van der Waals surface area contributed by atoms with Crippen LogP contribution in [-0.4, -0.2) is 19.5 Å². The number of hydrogen-bond acceptors (Lipinski definition) is 2. The lowest BCUT2D eigenvalue weighted by Crippen LogP contribution is -2.32. The highest BCUT2D eigenvalue weighted by Crippen LogP contribution is 2.25. The molecule has 0 unspecified atom stereocenters. The molecule has 92 valence electrons. The zero-order valence-corrected chi connectivity index (χ0v) is 10.5. The molecule has 1 aromatic rings. The van der Waals surface area contributed by atoms with Crippen molar-refractivity contribution in [2.45, 2.75) is 26.2 Å². The van der Waals surface area contributed by atoms with E-state index in [2.05, 4.69) is 10.6 Å². The Morgan fingerprint density at radius 2 is 2.18 bits per heavy atom. The lowest BCUT2D eigenvalue weighted by atomic mass is 9.85. The third-order valence-corrected chi connectivity index (χ3v) is 3.53. The number of amides is 1. The van der Waals surface area contributed by atoms with E-state index in [4.69, 9.17) is 0 Å². The second-order valence-corrected chi connectivity index (χ2v) is 4.79. The Bertz CT molecular complexity index is 411. The Hall–Kier alpha value is -1.51. The number of rotatable bonds is 4. The molecule has 17 heavy (non-hydrogen) atoms. The highest BCUT2D eigenvalue weighted by atomic mass is 16.1. The van der Waals surface area contributed by atoms with Gasteiger partial charge in [-0.3, -0.25) is 4.79 Å². The van der Waals surface area contributed by atoms with Gasteiger partial charge in [0.15, 0.2) is 0 Å². The summed E-state index contributed by atoms with van der Waals surface area (Å²) in [7, 11) is 1.89. The summed E-state index contributed by atoms with van der Waals surface area (Å²) in [5.74, 6) is 0.749. The third-order valence-electron chi connectivity index (χ3n) is 3.53. The maximum absolute atomic E-state index is 11.9. The van der Waals surface area contributed by atoms with Crippen molar-refractivity contribution >= 4 is 11.6 Å². The van der Waals surface area contributed by atoms with Crippen molar-refractivity contribution in [1.82, 2.24) is 5.32 Å². The molecule has 3 nitrogen and oxygen atoms in total. The second-order valence-electron chi connectivity index (χ2n) is 4.79. The van der Waals surface area contributed by atoms with E-state index in [0.717, 1.165) is 23.4 Å². The van der Waals surface area contributed by atoms with Gasteiger partial charge in [-0.25, -0.2) is 0 Å². The molecule has 1 amide bonds. The van der Waals surface area contributed by atoms with Crippen molar-refractivity contribution in [2.24, 2.45) is 5.92 Å². The maximum atomic E-state index is 11.9. The van der Waals surface area contributed by atoms with Crippen LogP contribution >= 0.6 is 0 Å². The SMILES string of the molecule is CNc1ccc(C(=O)NCC2CCC2)cc1C. The first-order valence-electron chi connectivity index (χ1n) is 6.27. The molecule has 2 rings (SSSR count). The molecule has 0 aromatic heterocycles. The summed E-state index contributed by atoms with van der Waals surface area (Å²) >= 11 is 0. The molecule has 1 aliphatic rings. The number of benzene rings is 1. The summed E-state index contributed by atoms with van der Waals surface area (Å²) in [5.41, 5.74) is 2.92. The lowest BCUT2D eigenvalue weighted by Gasteiger charge is -2.25. The molecule has 1 saturated carbocycles. The number of anilines is 1. The van der Waals surface area contributed by atoms with E-state index < -0.39 is 0 Å². The van der Waals surface area contributed by atoms with Gasteiger partial charge in [-0.15, -0.1) is 0 Å². The average molecular weight is 232 g/mol. The van der Waals surface area contributed by atoms with Crippen LogP contribution in [-0.2, 0) is 0 Å². The first-order chi connectivity index (χ1) is 8.20. The predicted octanol–water partition coefficient (Wildman–Crippen LogP) is 2.57. The van der Waals surface area contributed by atoms with Crippen molar-refractivity contribution in [1.29, 1.82) is 0 Å². The molecule has 0 atom stereocenters. The molecule has 1 aromatic carbocycles. The number of carbonyl (C=O) groups excluding carboxylic acids is 1. The van der Waals surface area contributed by atoms with E-state index in [9.17, 15) is 4.79 Å². The topological polar surface area (TPSA) is 41.1 Å². The van der Waals surface area contributed by atoms with Crippen LogP contribution < -0.4 is 10.6 Å². The van der Waals surface area contributed by atoms with Crippen LogP contribution in [0.5, 0.6) is 0 Å². The monoisotopic (exact) mass is 232 g/mol. The van der Waals surface area contributed by atoms with Crippen molar-refractivity contribution in [3.8, 4) is 0 Å². The molecule has 1 fully saturated rings. The first kappa shape index (κ1) is 12.0. The van der Waals surface area contributed by atoms with E-state index in [1.54, 1.807) is 0 Å². The van der Waals surface area contributed by atoms with Gasteiger partial charge in [0.25, 0.3) is 5.91 Å². The molecule has 1 aliphatic carbocycles. The van der Waals surface area contributed by atoms with Gasteiger partial charge in [0, 0.05) is 24.8 Å². The van der Waals surface area contributed by atoms with Gasteiger partial charge < -0.3 is 10.6 Å². The Labute approximate surface area is 103 Å². The maximum Gasteiger partial charge on any atom is 0.251 e. The number of hydrogen-bond donors (Lipinski definition) is 2. The van der Waals surface area contributed by atoms with E-state index in [1.807, 2.05) is 32.2 Å². The quantitative estimate of drug-likeness (QED) is 0.837. The second kappa shape index (κ2) is 5.21. The van der Waals surface area contributed by atoms with E-state index in [0.29, 0.717) is 5.92 Å². The van der Waals surface area contributed by atoms with Crippen LogP contribution in [0.1, 0.15) is 35.2 Å². The van der Waals surface area contributed by atoms with Crippen molar-refractivity contribution < 1.29 is 4.79 Å². The largest absolute Gasteiger partial charge is 0.388 e. The number of carbonyl (C=O) groups is 1. The normalized spacial score (nSPS) is 15.2. The molecule has 2 N–H and O–H groups in total. The predicted molar refractivity (Wildman–Crippen MR) is 70.4 cm³/mol. The molecule has 0 spiro atoms. The summed E-state index contributed by atoms with van der Waals surface area (Å²) in [6.45, 7) is 2.83. The summed E-state index contributed by atoms with van der Waals surface area (Å²) in [4.78, 5) is 11.9. The molecule has 0 heterocycles. The van der Waals surface area contributed by atoms with Crippen molar-refractivity contribution in [3.63, 3.8) is 0 Å². The third kappa shape index (κ3) is 2.78. The Morgan fingerprint density at radius 1 is 1.41 bits per heavy atom. The highest BCUT2D eigenvalue weighted by molar-refractivity contribution is 5.94. The Kier molecular flexibility index (Phi) is 3.67. The van der Waals surface area contributed by atoms with Crippen LogP contribution in [0.4, 0.5) is 5.69 Å². The van der Waals surface area contributed by atoms with Crippen LogP contribution in [0.3, 0.4) is 0 Å². The van der Waals surface area contributed by atoms with Crippen LogP contribution in [0.2, 0.25) is 0 Å². The van der Waals surface area contributed by atoms with Crippen molar-refractivity contribution in [3.05, 3.63) is 29.3 Å². The lowest BCUT2D eigenvalue weighted by molar-refractivity contribution is 0.0939. The van der Waals surface area contributed by atoms with E-state index in [1.165, 1.54) is 19.3 Å². The summed E-state index contributed by atoms with van der Waals surface area (Å²) in [5, 5.41) is 6.10. The van der Waals surface area contributed by atoms with Crippen LogP contribution in [0.25, 0.3) is 0 Å². The highest BCUT2D eigenvalue weighted by Gasteiger charge is 2.18. The number of aryl methyl sites for hydroxylation is 1. The van der Waals surface area contributed by atoms with Crippen molar-refractivity contribution in [2.75, 3.05) is 18.9 Å². The fraction of sp³-hybridized carbons (Fsp3) is 0.500. The number of nitrogens with one attached hydrogen (secondary N) is 2. The smallest absolute Gasteiger partial charge is 0.251 e. The van der Waals surface area contributed by atoms with Crippen LogP contribution in [0, 0.1) is 12.8 Å². The molecule has 0 radical (unpaired) electrons. The van der Waals surface area contributed by atoms with Gasteiger partial charge in [-0.2, -0.15) is 0 Å². The molecule has 0 bridgehead atoms. The van der Waals surface area contributed by atoms with E-state index in [-0.39, 0.29) is 5.91 Å². The standard InChI is InChI=1S/C14H20N2O/c1-10-8-12(6-7-13(10)15-2)14(17)16-9-11-4-3-5-11/h6-8,11,15H,3-5,9H2,1-2H3,(H,16,17). The summed E-state index contributed by atoms with van der Waals surface area (Å²) in [6.07, 6.45) is 3.84. The van der Waals surface area contributed by atoms with Gasteiger partial charge in [0.05, 0.1) is 0 Å². The molecule has 0 saturated heterocycles. The zero-order chi connectivity index (χ0) is 12.3. The minimum absolute atomic E-state index is 0.0441. The van der Waals surface area contributed by atoms with Gasteiger partial charge in [0.2, 0.25) is 0 Å². The molecular weight excluding hydrogens is 212 g/mol. The van der Waals surface area contributed by atoms with Crippen LogP contribution in [0.15, 0.2) is 18.2 Å². The zero-order valence-electron chi connectivity index (χ0n) is 10.5. The van der Waals surface area contributed by atoms with Gasteiger partial charge in [0.1, 0.15) is 0 Å². The summed E-state index contributed by atoms with van der Waals surface area (Å²) < 4.78 is 0. The molecule has 3 heteroatoms. The summed E-state index contributed by atoms with van der Waals surface area (Å²) in [6, 6.07) is 5.75. The first-order valence-corrected chi connectivity index (χ1v) is 6.27. The van der Waals surface area contributed by atoms with E-state index >= 15 is 0 Å². The fourth-order valence-corrected chi connectivity index (χ4v) is 2.12. The molecular formula is C14H20N2O. The van der Waals surface area contributed by atoms with Gasteiger partial charge in [-0.1, -0.05) is 6.42 Å². The fourth-order valence-electron chi connectivity index (χ4n) is 2.12. The Balaban J connectivity index is 1.95. The minimum atomic E-state index is 0.0441. The average Bonchev–Trinajstić information content (AvgIpc) is 2.26. The van der Waals surface area contributed by atoms with Gasteiger partial charge >= 0.3 is 0 Å². The van der Waals surface area contributed by atoms with Gasteiger partial charge in [-0.05, 0) is 49.4 Å².